The molecule has 0 bridgehead atoms. The number of halogens is 1. The summed E-state index contributed by atoms with van der Waals surface area (Å²) in [6, 6.07) is 13.1. The number of nitrogens with one attached hydrogen (secondary N) is 2. The number of carbonyl (C=O) groups is 1. The molecule has 138 valence electrons. The first-order chi connectivity index (χ1) is 13.1. The minimum atomic E-state index is -0.248. The van der Waals surface area contributed by atoms with Gasteiger partial charge in [-0.2, -0.15) is 0 Å². The lowest BCUT2D eigenvalue weighted by Crippen LogP contribution is -2.24. The fraction of sp³-hybridized carbons (Fsp3) is 0.200. The van der Waals surface area contributed by atoms with Crippen LogP contribution < -0.4 is 10.6 Å². The Kier molecular flexibility index (Phi) is 6.33. The number of benzene rings is 1. The van der Waals surface area contributed by atoms with E-state index in [-0.39, 0.29) is 5.91 Å². The van der Waals surface area contributed by atoms with Crippen LogP contribution in [0, 0.1) is 6.92 Å². The van der Waals surface area contributed by atoms with E-state index >= 15 is 0 Å². The van der Waals surface area contributed by atoms with Gasteiger partial charge in [0.2, 0.25) is 0 Å². The van der Waals surface area contributed by atoms with E-state index in [1.54, 1.807) is 25.4 Å². The first-order valence-electron chi connectivity index (χ1n) is 8.61. The molecule has 27 heavy (non-hydrogen) atoms. The summed E-state index contributed by atoms with van der Waals surface area (Å²) in [7, 11) is 0. The van der Waals surface area contributed by atoms with Gasteiger partial charge in [-0.3, -0.25) is 9.78 Å². The average molecular weight is 382 g/mol. The highest BCUT2D eigenvalue weighted by atomic mass is 35.5. The van der Waals surface area contributed by atoms with Gasteiger partial charge in [0, 0.05) is 36.6 Å². The Morgan fingerprint density at radius 2 is 1.96 bits per heavy atom. The highest BCUT2D eigenvalue weighted by Crippen LogP contribution is 2.12. The number of hydrogen-bond acceptors (Lipinski definition) is 5. The van der Waals surface area contributed by atoms with E-state index < -0.39 is 0 Å². The van der Waals surface area contributed by atoms with Crippen molar-refractivity contribution in [3.05, 3.63) is 82.5 Å². The standard InChI is InChI=1S/C20H20ClN5O/c1-14-25-18(20(27)24-13-16-5-3-8-22-12-16)11-19(26-14)23-9-7-15-4-2-6-17(21)10-15/h2-6,8,10-12H,7,9,13H2,1H3,(H,24,27)(H,23,25,26). The Hall–Kier alpha value is -2.99. The van der Waals surface area contributed by atoms with Crippen LogP contribution in [0.2, 0.25) is 5.02 Å². The largest absolute Gasteiger partial charge is 0.370 e. The van der Waals surface area contributed by atoms with Crippen LogP contribution in [0.15, 0.2) is 54.9 Å². The van der Waals surface area contributed by atoms with Crippen LogP contribution in [0.5, 0.6) is 0 Å². The van der Waals surface area contributed by atoms with Gasteiger partial charge < -0.3 is 10.6 Å². The molecule has 2 heterocycles. The summed E-state index contributed by atoms with van der Waals surface area (Å²) in [6.45, 7) is 2.83. The third kappa shape index (κ3) is 5.76. The van der Waals surface area contributed by atoms with Crippen LogP contribution in [0.3, 0.4) is 0 Å². The summed E-state index contributed by atoms with van der Waals surface area (Å²) in [6.07, 6.45) is 4.21. The molecule has 0 saturated carbocycles. The molecule has 0 aliphatic rings. The van der Waals surface area contributed by atoms with Crippen molar-refractivity contribution in [2.45, 2.75) is 19.9 Å². The van der Waals surface area contributed by atoms with E-state index in [9.17, 15) is 4.79 Å². The molecule has 1 aromatic carbocycles. The van der Waals surface area contributed by atoms with E-state index in [2.05, 4.69) is 25.6 Å². The van der Waals surface area contributed by atoms with Gasteiger partial charge in [0.15, 0.2) is 0 Å². The summed E-state index contributed by atoms with van der Waals surface area (Å²) in [5.41, 5.74) is 2.39. The van der Waals surface area contributed by atoms with Crippen LogP contribution >= 0.6 is 11.6 Å². The average Bonchev–Trinajstić information content (AvgIpc) is 2.66. The highest BCUT2D eigenvalue weighted by molar-refractivity contribution is 6.30. The Labute approximate surface area is 163 Å². The van der Waals surface area contributed by atoms with E-state index in [4.69, 9.17) is 11.6 Å². The quantitative estimate of drug-likeness (QED) is 0.655. The SMILES string of the molecule is Cc1nc(NCCc2cccc(Cl)c2)cc(C(=O)NCc2cccnc2)n1. The van der Waals surface area contributed by atoms with Crippen LogP contribution in [-0.4, -0.2) is 27.4 Å². The molecular formula is C20H20ClN5O. The fourth-order valence-electron chi connectivity index (χ4n) is 2.58. The first-order valence-corrected chi connectivity index (χ1v) is 8.99. The first kappa shape index (κ1) is 18.8. The lowest BCUT2D eigenvalue weighted by Gasteiger charge is -2.09. The lowest BCUT2D eigenvalue weighted by molar-refractivity contribution is 0.0945. The van der Waals surface area contributed by atoms with Crippen LogP contribution in [0.4, 0.5) is 5.82 Å². The number of anilines is 1. The zero-order valence-electron chi connectivity index (χ0n) is 14.9. The van der Waals surface area contributed by atoms with Gasteiger partial charge in [0.05, 0.1) is 0 Å². The molecule has 3 rings (SSSR count). The second-order valence-corrected chi connectivity index (χ2v) is 6.47. The maximum Gasteiger partial charge on any atom is 0.270 e. The molecule has 0 aliphatic heterocycles. The number of carbonyl (C=O) groups excluding carboxylic acids is 1. The van der Waals surface area contributed by atoms with Gasteiger partial charge in [0.25, 0.3) is 5.91 Å². The van der Waals surface area contributed by atoms with Crippen molar-refractivity contribution in [3.8, 4) is 0 Å². The maximum absolute atomic E-state index is 12.4. The number of aromatic nitrogens is 3. The molecule has 6 nitrogen and oxygen atoms in total. The van der Waals surface area contributed by atoms with Crippen molar-refractivity contribution in [2.75, 3.05) is 11.9 Å². The van der Waals surface area contributed by atoms with Crippen LogP contribution in [0.25, 0.3) is 0 Å². The Morgan fingerprint density at radius 3 is 2.74 bits per heavy atom. The molecule has 0 unspecified atom stereocenters. The summed E-state index contributed by atoms with van der Waals surface area (Å²) in [4.78, 5) is 25.0. The maximum atomic E-state index is 12.4. The Balaban J connectivity index is 1.59. The molecule has 0 spiro atoms. The molecule has 0 fully saturated rings. The van der Waals surface area contributed by atoms with E-state index in [1.807, 2.05) is 36.4 Å². The fourth-order valence-corrected chi connectivity index (χ4v) is 2.79. The Bertz CT molecular complexity index is 917. The van der Waals surface area contributed by atoms with E-state index in [0.717, 1.165) is 22.6 Å². The smallest absolute Gasteiger partial charge is 0.270 e. The molecular weight excluding hydrogens is 362 g/mol. The van der Waals surface area contributed by atoms with Gasteiger partial charge in [-0.05, 0) is 42.7 Å². The molecule has 7 heteroatoms. The molecule has 0 radical (unpaired) electrons. The normalized spacial score (nSPS) is 10.4. The van der Waals surface area contributed by atoms with Gasteiger partial charge in [-0.25, -0.2) is 9.97 Å². The number of pyridine rings is 1. The van der Waals surface area contributed by atoms with Gasteiger partial charge in [-0.1, -0.05) is 29.8 Å². The number of hydrogen-bond donors (Lipinski definition) is 2. The topological polar surface area (TPSA) is 79.8 Å². The summed E-state index contributed by atoms with van der Waals surface area (Å²) >= 11 is 6.00. The highest BCUT2D eigenvalue weighted by Gasteiger charge is 2.10. The van der Waals surface area contributed by atoms with Crippen molar-refractivity contribution < 1.29 is 4.79 Å². The molecule has 0 atom stereocenters. The summed E-state index contributed by atoms with van der Waals surface area (Å²) in [5.74, 6) is 0.910. The lowest BCUT2D eigenvalue weighted by atomic mass is 10.1. The van der Waals surface area contributed by atoms with E-state index in [0.29, 0.717) is 30.4 Å². The third-order valence-electron chi connectivity index (χ3n) is 3.86. The number of aryl methyl sites for hydroxylation is 1. The van der Waals surface area contributed by atoms with Crippen molar-refractivity contribution in [2.24, 2.45) is 0 Å². The second-order valence-electron chi connectivity index (χ2n) is 6.04. The molecule has 3 aromatic rings. The minimum absolute atomic E-state index is 0.248. The number of amides is 1. The minimum Gasteiger partial charge on any atom is -0.370 e. The van der Waals surface area contributed by atoms with E-state index in [1.165, 1.54) is 0 Å². The second kappa shape index (κ2) is 9.09. The van der Waals surface area contributed by atoms with Crippen LogP contribution in [0.1, 0.15) is 27.4 Å². The van der Waals surface area contributed by atoms with Crippen LogP contribution in [-0.2, 0) is 13.0 Å². The van der Waals surface area contributed by atoms with Crippen molar-refractivity contribution >= 4 is 23.3 Å². The third-order valence-corrected chi connectivity index (χ3v) is 4.09. The van der Waals surface area contributed by atoms with Crippen molar-refractivity contribution in [1.29, 1.82) is 0 Å². The number of nitrogens with zero attached hydrogens (tertiary/aromatic N) is 3. The molecule has 2 N–H and O–H groups in total. The Morgan fingerprint density at radius 1 is 1.11 bits per heavy atom. The summed E-state index contributed by atoms with van der Waals surface area (Å²) < 4.78 is 0. The van der Waals surface area contributed by atoms with Crippen molar-refractivity contribution in [3.63, 3.8) is 0 Å². The van der Waals surface area contributed by atoms with Crippen molar-refractivity contribution in [1.82, 2.24) is 20.3 Å². The molecule has 0 saturated heterocycles. The van der Waals surface area contributed by atoms with Gasteiger partial charge in [-0.15, -0.1) is 0 Å². The van der Waals surface area contributed by atoms with Gasteiger partial charge >= 0.3 is 0 Å². The zero-order chi connectivity index (χ0) is 19.1. The molecule has 0 aliphatic carbocycles. The monoisotopic (exact) mass is 381 g/mol. The predicted octanol–water partition coefficient (Wildman–Crippen LogP) is 3.42. The zero-order valence-corrected chi connectivity index (χ0v) is 15.7. The molecule has 1 amide bonds. The number of rotatable bonds is 7. The predicted molar refractivity (Wildman–Crippen MR) is 106 cm³/mol. The summed E-state index contributed by atoms with van der Waals surface area (Å²) in [5, 5.41) is 6.80. The molecule has 2 aromatic heterocycles. The van der Waals surface area contributed by atoms with Gasteiger partial charge in [0.1, 0.15) is 17.3 Å².